The van der Waals surface area contributed by atoms with Crippen LogP contribution < -0.4 is 9.47 Å². The molecule has 116 valence electrons. The van der Waals surface area contributed by atoms with Crippen LogP contribution in [-0.4, -0.2) is 7.11 Å². The Morgan fingerprint density at radius 3 is 1.83 bits per heavy atom. The molecule has 0 bridgehead atoms. The van der Waals surface area contributed by atoms with E-state index in [9.17, 15) is 0 Å². The van der Waals surface area contributed by atoms with Crippen LogP contribution in [-0.2, 0) is 0 Å². The van der Waals surface area contributed by atoms with E-state index in [4.69, 9.17) is 9.47 Å². The maximum atomic E-state index is 5.91. The van der Waals surface area contributed by atoms with E-state index >= 15 is 0 Å². The van der Waals surface area contributed by atoms with E-state index in [0.717, 1.165) is 22.8 Å². The van der Waals surface area contributed by atoms with Crippen molar-refractivity contribution in [3.05, 3.63) is 77.9 Å². The Kier molecular flexibility index (Phi) is 4.33. The van der Waals surface area contributed by atoms with Gasteiger partial charge in [-0.25, -0.2) is 0 Å². The molecule has 0 N–H and O–H groups in total. The lowest BCUT2D eigenvalue weighted by Crippen LogP contribution is -1.89. The number of benzene rings is 3. The Hall–Kier alpha value is -2.74. The van der Waals surface area contributed by atoms with E-state index in [0.29, 0.717) is 0 Å². The van der Waals surface area contributed by atoms with E-state index < -0.39 is 0 Å². The molecule has 0 radical (unpaired) electrons. The van der Waals surface area contributed by atoms with Crippen molar-refractivity contribution in [2.75, 3.05) is 7.11 Å². The lowest BCUT2D eigenvalue weighted by molar-refractivity contribution is 0.406. The largest absolute Gasteiger partial charge is 0.496 e. The molecule has 3 aromatic carbocycles. The first-order chi connectivity index (χ1) is 11.2. The van der Waals surface area contributed by atoms with Gasteiger partial charge in [-0.2, -0.15) is 0 Å². The molecule has 23 heavy (non-hydrogen) atoms. The molecule has 0 aliphatic heterocycles. The van der Waals surface area contributed by atoms with Crippen molar-refractivity contribution in [3.63, 3.8) is 0 Å². The SMILES string of the molecule is COc1cc(Oc2ccc(-c3ccc(C)cc3)cc2)ccc1C. The second kappa shape index (κ2) is 6.57. The Balaban J connectivity index is 1.78. The van der Waals surface area contributed by atoms with Crippen LogP contribution in [0.1, 0.15) is 11.1 Å². The maximum absolute atomic E-state index is 5.91. The molecule has 0 heterocycles. The fourth-order valence-electron chi connectivity index (χ4n) is 2.46. The van der Waals surface area contributed by atoms with Gasteiger partial charge in [-0.3, -0.25) is 0 Å². The Morgan fingerprint density at radius 2 is 1.22 bits per heavy atom. The Labute approximate surface area is 137 Å². The van der Waals surface area contributed by atoms with Gasteiger partial charge < -0.3 is 9.47 Å². The highest BCUT2D eigenvalue weighted by Gasteiger charge is 2.03. The summed E-state index contributed by atoms with van der Waals surface area (Å²) in [6.07, 6.45) is 0. The van der Waals surface area contributed by atoms with Gasteiger partial charge in [0.15, 0.2) is 0 Å². The van der Waals surface area contributed by atoms with Gasteiger partial charge in [-0.15, -0.1) is 0 Å². The molecule has 0 saturated heterocycles. The number of rotatable bonds is 4. The molecule has 0 saturated carbocycles. The van der Waals surface area contributed by atoms with Crippen LogP contribution in [0.3, 0.4) is 0 Å². The third-order valence-electron chi connectivity index (χ3n) is 3.85. The van der Waals surface area contributed by atoms with Gasteiger partial charge in [0.05, 0.1) is 7.11 Å². The first-order valence-electron chi connectivity index (χ1n) is 7.65. The molecule has 3 rings (SSSR count). The standard InChI is InChI=1S/C21H20O2/c1-15-4-7-17(8-5-15)18-9-12-19(13-10-18)23-20-11-6-16(2)21(14-20)22-3/h4-14H,1-3H3. The van der Waals surface area contributed by atoms with Gasteiger partial charge in [-0.1, -0.05) is 48.0 Å². The van der Waals surface area contributed by atoms with Crippen LogP contribution in [0.4, 0.5) is 0 Å². The molecule has 0 aliphatic rings. The summed E-state index contributed by atoms with van der Waals surface area (Å²) in [5.41, 5.74) is 4.74. The van der Waals surface area contributed by atoms with E-state index in [-0.39, 0.29) is 0 Å². The average Bonchev–Trinajstić information content (AvgIpc) is 2.58. The molecule has 0 fully saturated rings. The average molecular weight is 304 g/mol. The van der Waals surface area contributed by atoms with Crippen molar-refractivity contribution in [2.24, 2.45) is 0 Å². The number of hydrogen-bond acceptors (Lipinski definition) is 2. The molecule has 2 heteroatoms. The molecular weight excluding hydrogens is 284 g/mol. The van der Waals surface area contributed by atoms with E-state index in [1.807, 2.05) is 37.3 Å². The summed E-state index contributed by atoms with van der Waals surface area (Å²) in [4.78, 5) is 0. The van der Waals surface area contributed by atoms with E-state index in [1.165, 1.54) is 16.7 Å². The van der Waals surface area contributed by atoms with Crippen molar-refractivity contribution >= 4 is 0 Å². The number of methoxy groups -OCH3 is 1. The third kappa shape index (κ3) is 3.54. The molecule has 0 aromatic heterocycles. The van der Waals surface area contributed by atoms with Gasteiger partial charge >= 0.3 is 0 Å². The molecule has 0 atom stereocenters. The Morgan fingerprint density at radius 1 is 0.652 bits per heavy atom. The summed E-state index contributed by atoms with van der Waals surface area (Å²) < 4.78 is 11.2. The van der Waals surface area contributed by atoms with E-state index in [2.05, 4.69) is 43.3 Å². The van der Waals surface area contributed by atoms with Crippen LogP contribution in [0.15, 0.2) is 66.7 Å². The second-order valence-corrected chi connectivity index (χ2v) is 5.62. The molecular formula is C21H20O2. The predicted molar refractivity (Wildman–Crippen MR) is 94.4 cm³/mol. The minimum Gasteiger partial charge on any atom is -0.496 e. The number of aryl methyl sites for hydroxylation is 2. The summed E-state index contributed by atoms with van der Waals surface area (Å²) >= 11 is 0. The highest BCUT2D eigenvalue weighted by molar-refractivity contribution is 5.64. The summed E-state index contributed by atoms with van der Waals surface area (Å²) in [5.74, 6) is 2.42. The van der Waals surface area contributed by atoms with Crippen LogP contribution in [0.25, 0.3) is 11.1 Å². The zero-order valence-corrected chi connectivity index (χ0v) is 13.7. The molecule has 0 aliphatic carbocycles. The number of hydrogen-bond donors (Lipinski definition) is 0. The summed E-state index contributed by atoms with van der Waals surface area (Å²) in [6.45, 7) is 4.11. The minimum absolute atomic E-state index is 0.774. The van der Waals surface area contributed by atoms with Gasteiger partial charge in [0.2, 0.25) is 0 Å². The normalized spacial score (nSPS) is 10.4. The van der Waals surface area contributed by atoms with Gasteiger partial charge in [0, 0.05) is 6.07 Å². The topological polar surface area (TPSA) is 18.5 Å². The van der Waals surface area contributed by atoms with Crippen molar-refractivity contribution < 1.29 is 9.47 Å². The quantitative estimate of drug-likeness (QED) is 0.609. The maximum Gasteiger partial charge on any atom is 0.131 e. The van der Waals surface area contributed by atoms with Crippen molar-refractivity contribution in [1.29, 1.82) is 0 Å². The highest BCUT2D eigenvalue weighted by Crippen LogP contribution is 2.29. The molecule has 3 aromatic rings. The lowest BCUT2D eigenvalue weighted by Gasteiger charge is -2.10. The molecule has 0 spiro atoms. The van der Waals surface area contributed by atoms with Crippen LogP contribution >= 0.6 is 0 Å². The highest BCUT2D eigenvalue weighted by atomic mass is 16.5. The van der Waals surface area contributed by atoms with Crippen LogP contribution in [0.2, 0.25) is 0 Å². The second-order valence-electron chi connectivity index (χ2n) is 5.62. The lowest BCUT2D eigenvalue weighted by atomic mass is 10.0. The van der Waals surface area contributed by atoms with Gasteiger partial charge in [0.1, 0.15) is 17.2 Å². The van der Waals surface area contributed by atoms with E-state index in [1.54, 1.807) is 7.11 Å². The Bertz CT molecular complexity index is 787. The number of ether oxygens (including phenoxy) is 2. The van der Waals surface area contributed by atoms with Crippen LogP contribution in [0.5, 0.6) is 17.2 Å². The van der Waals surface area contributed by atoms with Crippen molar-refractivity contribution in [1.82, 2.24) is 0 Å². The third-order valence-corrected chi connectivity index (χ3v) is 3.85. The van der Waals surface area contributed by atoms with Gasteiger partial charge in [-0.05, 0) is 48.7 Å². The fraction of sp³-hybridized carbons (Fsp3) is 0.143. The van der Waals surface area contributed by atoms with Crippen molar-refractivity contribution in [2.45, 2.75) is 13.8 Å². The predicted octanol–water partition coefficient (Wildman–Crippen LogP) is 5.77. The summed E-state index contributed by atoms with van der Waals surface area (Å²) in [7, 11) is 1.67. The minimum atomic E-state index is 0.774. The molecule has 0 unspecified atom stereocenters. The molecule has 2 nitrogen and oxygen atoms in total. The molecule has 0 amide bonds. The fourth-order valence-corrected chi connectivity index (χ4v) is 2.46. The summed E-state index contributed by atoms with van der Waals surface area (Å²) in [6, 6.07) is 22.5. The first kappa shape index (κ1) is 15.2. The van der Waals surface area contributed by atoms with Crippen LogP contribution in [0, 0.1) is 13.8 Å². The van der Waals surface area contributed by atoms with Crippen molar-refractivity contribution in [3.8, 4) is 28.4 Å². The zero-order valence-electron chi connectivity index (χ0n) is 13.7. The monoisotopic (exact) mass is 304 g/mol. The summed E-state index contributed by atoms with van der Waals surface area (Å²) in [5, 5.41) is 0. The smallest absolute Gasteiger partial charge is 0.131 e. The zero-order chi connectivity index (χ0) is 16.2. The van der Waals surface area contributed by atoms with Gasteiger partial charge in [0.25, 0.3) is 0 Å². The first-order valence-corrected chi connectivity index (χ1v) is 7.65.